The third-order valence-electron chi connectivity index (χ3n) is 3.23. The molecular formula is C13H16N2O4. The molecule has 1 aliphatic heterocycles. The van der Waals surface area contributed by atoms with Gasteiger partial charge in [0.2, 0.25) is 5.91 Å². The Labute approximate surface area is 110 Å². The van der Waals surface area contributed by atoms with Crippen molar-refractivity contribution in [3.05, 3.63) is 23.8 Å². The standard InChI is InChI=1S/C13H16N2O4/c1-9(16)14-4-6-15(7-5-14)13(19)10-2-3-11(17)12(18)8-10/h2-3,8,17-18H,4-7H2,1H3. The van der Waals surface area contributed by atoms with E-state index in [0.717, 1.165) is 0 Å². The number of nitrogens with zero attached hydrogens (tertiary/aromatic N) is 2. The Morgan fingerprint density at radius 3 is 2.11 bits per heavy atom. The lowest BCUT2D eigenvalue weighted by Crippen LogP contribution is -2.50. The van der Waals surface area contributed by atoms with E-state index in [-0.39, 0.29) is 23.3 Å². The summed E-state index contributed by atoms with van der Waals surface area (Å²) < 4.78 is 0. The van der Waals surface area contributed by atoms with Gasteiger partial charge in [0.15, 0.2) is 11.5 Å². The van der Waals surface area contributed by atoms with Gasteiger partial charge < -0.3 is 20.0 Å². The molecule has 1 fully saturated rings. The first-order chi connectivity index (χ1) is 8.99. The van der Waals surface area contributed by atoms with Crippen molar-refractivity contribution in [1.82, 2.24) is 9.80 Å². The Hall–Kier alpha value is -2.24. The van der Waals surface area contributed by atoms with Gasteiger partial charge in [-0.3, -0.25) is 9.59 Å². The smallest absolute Gasteiger partial charge is 0.254 e. The minimum absolute atomic E-state index is 0.00868. The average Bonchev–Trinajstić information content (AvgIpc) is 2.41. The van der Waals surface area contributed by atoms with Crippen LogP contribution in [0.3, 0.4) is 0 Å². The highest BCUT2D eigenvalue weighted by Crippen LogP contribution is 2.25. The molecule has 0 saturated carbocycles. The van der Waals surface area contributed by atoms with Gasteiger partial charge in [0.05, 0.1) is 0 Å². The topological polar surface area (TPSA) is 81.1 Å². The van der Waals surface area contributed by atoms with Crippen LogP contribution in [0.25, 0.3) is 0 Å². The van der Waals surface area contributed by atoms with Crippen LogP contribution in [0.4, 0.5) is 0 Å². The van der Waals surface area contributed by atoms with Crippen molar-refractivity contribution in [2.24, 2.45) is 0 Å². The number of hydrogen-bond donors (Lipinski definition) is 2. The molecule has 2 rings (SSSR count). The Kier molecular flexibility index (Phi) is 3.59. The molecule has 102 valence electrons. The summed E-state index contributed by atoms with van der Waals surface area (Å²) in [6.45, 7) is 3.49. The number of phenolic OH excluding ortho intramolecular Hbond substituents is 2. The fraction of sp³-hybridized carbons (Fsp3) is 0.385. The van der Waals surface area contributed by atoms with Crippen molar-refractivity contribution < 1.29 is 19.8 Å². The third kappa shape index (κ3) is 2.78. The van der Waals surface area contributed by atoms with Crippen LogP contribution in [0, 0.1) is 0 Å². The lowest BCUT2D eigenvalue weighted by atomic mass is 10.1. The van der Waals surface area contributed by atoms with Crippen LogP contribution >= 0.6 is 0 Å². The molecule has 19 heavy (non-hydrogen) atoms. The summed E-state index contributed by atoms with van der Waals surface area (Å²) in [6, 6.07) is 4.00. The molecule has 0 bridgehead atoms. The molecule has 1 aliphatic rings. The average molecular weight is 264 g/mol. The maximum atomic E-state index is 12.2. The molecule has 0 spiro atoms. The molecule has 2 amide bonds. The fourth-order valence-electron chi connectivity index (χ4n) is 2.06. The highest BCUT2D eigenvalue weighted by Gasteiger charge is 2.23. The molecule has 0 aromatic heterocycles. The van der Waals surface area contributed by atoms with E-state index in [2.05, 4.69) is 0 Å². The van der Waals surface area contributed by atoms with E-state index in [9.17, 15) is 19.8 Å². The van der Waals surface area contributed by atoms with Gasteiger partial charge in [0, 0.05) is 38.7 Å². The molecule has 1 saturated heterocycles. The lowest BCUT2D eigenvalue weighted by Gasteiger charge is -2.34. The molecule has 0 aliphatic carbocycles. The summed E-state index contributed by atoms with van der Waals surface area (Å²) >= 11 is 0. The summed E-state index contributed by atoms with van der Waals surface area (Å²) in [6.07, 6.45) is 0. The van der Waals surface area contributed by atoms with E-state index in [1.807, 2.05) is 0 Å². The molecule has 1 aromatic carbocycles. The monoisotopic (exact) mass is 264 g/mol. The van der Waals surface area contributed by atoms with E-state index in [0.29, 0.717) is 31.7 Å². The number of aromatic hydroxyl groups is 2. The van der Waals surface area contributed by atoms with Crippen LogP contribution in [0.15, 0.2) is 18.2 Å². The van der Waals surface area contributed by atoms with Crippen molar-refractivity contribution in [2.45, 2.75) is 6.92 Å². The molecular weight excluding hydrogens is 248 g/mol. The zero-order valence-corrected chi connectivity index (χ0v) is 10.7. The van der Waals surface area contributed by atoms with Gasteiger partial charge >= 0.3 is 0 Å². The summed E-state index contributed by atoms with van der Waals surface area (Å²) in [5, 5.41) is 18.6. The van der Waals surface area contributed by atoms with Crippen LogP contribution in [-0.4, -0.2) is 58.0 Å². The van der Waals surface area contributed by atoms with Crippen molar-refractivity contribution in [2.75, 3.05) is 26.2 Å². The number of carbonyl (C=O) groups excluding carboxylic acids is 2. The van der Waals surface area contributed by atoms with E-state index in [4.69, 9.17) is 0 Å². The van der Waals surface area contributed by atoms with Crippen LogP contribution in [0.5, 0.6) is 11.5 Å². The molecule has 0 unspecified atom stereocenters. The number of amides is 2. The van der Waals surface area contributed by atoms with E-state index in [1.165, 1.54) is 25.1 Å². The van der Waals surface area contributed by atoms with Crippen molar-refractivity contribution in [1.29, 1.82) is 0 Å². The van der Waals surface area contributed by atoms with E-state index in [1.54, 1.807) is 9.80 Å². The second-order valence-corrected chi connectivity index (χ2v) is 4.50. The molecule has 0 radical (unpaired) electrons. The Balaban J connectivity index is 2.05. The minimum atomic E-state index is -0.312. The molecule has 1 aromatic rings. The predicted molar refractivity (Wildman–Crippen MR) is 67.9 cm³/mol. The Bertz CT molecular complexity index is 507. The molecule has 6 heteroatoms. The van der Waals surface area contributed by atoms with Crippen molar-refractivity contribution >= 4 is 11.8 Å². The number of hydrogen-bond acceptors (Lipinski definition) is 4. The summed E-state index contributed by atoms with van der Waals surface area (Å²) in [5.41, 5.74) is 0.326. The first kappa shape index (κ1) is 13.2. The molecule has 2 N–H and O–H groups in total. The second-order valence-electron chi connectivity index (χ2n) is 4.50. The maximum absolute atomic E-state index is 12.2. The van der Waals surface area contributed by atoms with Gasteiger partial charge in [0.25, 0.3) is 5.91 Å². The van der Waals surface area contributed by atoms with Crippen molar-refractivity contribution in [3.8, 4) is 11.5 Å². The van der Waals surface area contributed by atoms with Crippen LogP contribution in [0.2, 0.25) is 0 Å². The molecule has 1 heterocycles. The number of phenols is 2. The fourth-order valence-corrected chi connectivity index (χ4v) is 2.06. The van der Waals surface area contributed by atoms with Gasteiger partial charge in [-0.2, -0.15) is 0 Å². The number of carbonyl (C=O) groups is 2. The first-order valence-electron chi connectivity index (χ1n) is 6.06. The number of benzene rings is 1. The third-order valence-corrected chi connectivity index (χ3v) is 3.23. The zero-order chi connectivity index (χ0) is 14.0. The van der Waals surface area contributed by atoms with Gasteiger partial charge in [-0.05, 0) is 18.2 Å². The van der Waals surface area contributed by atoms with Crippen LogP contribution < -0.4 is 0 Å². The van der Waals surface area contributed by atoms with Gasteiger partial charge in [-0.25, -0.2) is 0 Å². The highest BCUT2D eigenvalue weighted by molar-refractivity contribution is 5.95. The number of piperazine rings is 1. The molecule has 6 nitrogen and oxygen atoms in total. The highest BCUT2D eigenvalue weighted by atomic mass is 16.3. The first-order valence-corrected chi connectivity index (χ1v) is 6.06. The Morgan fingerprint density at radius 1 is 1.00 bits per heavy atom. The van der Waals surface area contributed by atoms with Gasteiger partial charge in [-0.1, -0.05) is 0 Å². The van der Waals surface area contributed by atoms with Crippen LogP contribution in [-0.2, 0) is 4.79 Å². The number of rotatable bonds is 1. The summed E-state index contributed by atoms with van der Waals surface area (Å²) in [5.74, 6) is -0.765. The van der Waals surface area contributed by atoms with E-state index < -0.39 is 0 Å². The molecule has 0 atom stereocenters. The summed E-state index contributed by atoms with van der Waals surface area (Å²) in [7, 11) is 0. The normalized spacial score (nSPS) is 15.4. The summed E-state index contributed by atoms with van der Waals surface area (Å²) in [4.78, 5) is 26.7. The lowest BCUT2D eigenvalue weighted by molar-refractivity contribution is -0.130. The van der Waals surface area contributed by atoms with Gasteiger partial charge in [-0.15, -0.1) is 0 Å². The Morgan fingerprint density at radius 2 is 1.58 bits per heavy atom. The SMILES string of the molecule is CC(=O)N1CCN(C(=O)c2ccc(O)c(O)c2)CC1. The zero-order valence-electron chi connectivity index (χ0n) is 10.7. The van der Waals surface area contributed by atoms with Crippen LogP contribution in [0.1, 0.15) is 17.3 Å². The minimum Gasteiger partial charge on any atom is -0.504 e. The quantitative estimate of drug-likeness (QED) is 0.719. The van der Waals surface area contributed by atoms with Gasteiger partial charge in [0.1, 0.15) is 0 Å². The second kappa shape index (κ2) is 5.17. The van der Waals surface area contributed by atoms with E-state index >= 15 is 0 Å². The maximum Gasteiger partial charge on any atom is 0.254 e. The van der Waals surface area contributed by atoms with Crippen molar-refractivity contribution in [3.63, 3.8) is 0 Å². The largest absolute Gasteiger partial charge is 0.504 e. The predicted octanol–water partition coefficient (Wildman–Crippen LogP) is 0.402.